The van der Waals surface area contributed by atoms with Crippen molar-refractivity contribution in [2.45, 2.75) is 18.8 Å². The van der Waals surface area contributed by atoms with E-state index >= 15 is 0 Å². The molecule has 0 aliphatic carbocycles. The second-order valence-electron chi connectivity index (χ2n) is 5.76. The van der Waals surface area contributed by atoms with Gasteiger partial charge in [-0.25, -0.2) is 8.78 Å². The molecule has 3 rings (SSSR count). The molecule has 1 fully saturated rings. The number of nitrogens with zero attached hydrogens (tertiary/aromatic N) is 1. The zero-order valence-electron chi connectivity index (χ0n) is 14.5. The molecule has 0 spiro atoms. The maximum absolute atomic E-state index is 14.0. The van der Waals surface area contributed by atoms with E-state index < -0.39 is 11.6 Å². The van der Waals surface area contributed by atoms with Crippen molar-refractivity contribution in [1.29, 1.82) is 0 Å². The molecule has 1 aliphatic rings. The van der Waals surface area contributed by atoms with Crippen molar-refractivity contribution >= 4 is 17.7 Å². The molecule has 0 radical (unpaired) electrons. The summed E-state index contributed by atoms with van der Waals surface area (Å²) in [6, 6.07) is 8.90. The van der Waals surface area contributed by atoms with Crippen LogP contribution in [0.1, 0.15) is 23.4 Å². The van der Waals surface area contributed by atoms with Crippen LogP contribution in [-0.4, -0.2) is 30.3 Å². The molecule has 1 amide bonds. The molecular weight excluding hydrogens is 360 g/mol. The first kappa shape index (κ1) is 18.5. The van der Waals surface area contributed by atoms with Crippen molar-refractivity contribution in [3.63, 3.8) is 0 Å². The molecule has 4 nitrogen and oxygen atoms in total. The first-order valence-corrected chi connectivity index (χ1v) is 9.24. The topological polar surface area (TPSA) is 38.8 Å². The van der Waals surface area contributed by atoms with Gasteiger partial charge < -0.3 is 14.4 Å². The molecule has 1 saturated heterocycles. The van der Waals surface area contributed by atoms with Crippen molar-refractivity contribution < 1.29 is 23.0 Å². The summed E-state index contributed by atoms with van der Waals surface area (Å²) in [5.74, 6) is 0.141. The van der Waals surface area contributed by atoms with Crippen LogP contribution in [0.2, 0.25) is 0 Å². The average Bonchev–Trinajstić information content (AvgIpc) is 2.98. The van der Waals surface area contributed by atoms with E-state index in [9.17, 15) is 13.6 Å². The van der Waals surface area contributed by atoms with Crippen molar-refractivity contribution in [1.82, 2.24) is 4.90 Å². The van der Waals surface area contributed by atoms with E-state index in [1.807, 2.05) is 19.1 Å². The van der Waals surface area contributed by atoms with E-state index in [-0.39, 0.29) is 23.4 Å². The predicted octanol–water partition coefficient (Wildman–Crippen LogP) is 4.15. The van der Waals surface area contributed by atoms with Gasteiger partial charge in [0.1, 0.15) is 17.0 Å². The summed E-state index contributed by atoms with van der Waals surface area (Å²) < 4.78 is 38.0. The molecule has 2 aromatic rings. The molecule has 1 atom stereocenters. The largest absolute Gasteiger partial charge is 0.493 e. The number of hydrogen-bond donors (Lipinski definition) is 0. The summed E-state index contributed by atoms with van der Waals surface area (Å²) in [6.45, 7) is 2.45. The number of rotatable bonds is 6. The summed E-state index contributed by atoms with van der Waals surface area (Å²) >= 11 is 1.46. The molecule has 138 valence electrons. The number of thioether (sulfide) groups is 1. The number of benzene rings is 2. The molecule has 1 unspecified atom stereocenters. The van der Waals surface area contributed by atoms with Crippen LogP contribution in [0.3, 0.4) is 0 Å². The lowest BCUT2D eigenvalue weighted by Crippen LogP contribution is -2.28. The standard InChI is InChI=1S/C19H19F2NO3S/c1-3-25-17-8-12(5-7-16(17)24-2)19-22(18(23)11-26-19)10-13-4-6-14(20)9-15(13)21/h4-9,19H,3,10-11H2,1-2H3. The lowest BCUT2D eigenvalue weighted by Gasteiger charge is -2.25. The molecular formula is C19H19F2NO3S. The number of carbonyl (C=O) groups excluding carboxylic acids is 1. The predicted molar refractivity (Wildman–Crippen MR) is 96.3 cm³/mol. The normalized spacial score (nSPS) is 16.8. The van der Waals surface area contributed by atoms with Crippen LogP contribution >= 0.6 is 11.8 Å². The van der Waals surface area contributed by atoms with Crippen LogP contribution in [0.4, 0.5) is 8.78 Å². The Labute approximate surface area is 155 Å². The molecule has 1 heterocycles. The average molecular weight is 379 g/mol. The van der Waals surface area contributed by atoms with E-state index in [2.05, 4.69) is 0 Å². The van der Waals surface area contributed by atoms with Gasteiger partial charge in [0.05, 0.1) is 19.5 Å². The van der Waals surface area contributed by atoms with Crippen LogP contribution in [0.25, 0.3) is 0 Å². The quantitative estimate of drug-likeness (QED) is 0.756. The molecule has 2 aromatic carbocycles. The minimum absolute atomic E-state index is 0.0820. The number of hydrogen-bond acceptors (Lipinski definition) is 4. The highest BCUT2D eigenvalue weighted by Crippen LogP contribution is 2.42. The van der Waals surface area contributed by atoms with Gasteiger partial charge in [-0.1, -0.05) is 12.1 Å². The third-order valence-corrected chi connectivity index (χ3v) is 5.35. The summed E-state index contributed by atoms with van der Waals surface area (Å²) in [5.41, 5.74) is 1.15. The highest BCUT2D eigenvalue weighted by atomic mass is 32.2. The van der Waals surface area contributed by atoms with Crippen molar-refractivity contribution in [3.8, 4) is 11.5 Å². The van der Waals surface area contributed by atoms with Crippen LogP contribution in [-0.2, 0) is 11.3 Å². The third-order valence-electron chi connectivity index (χ3n) is 4.10. The van der Waals surface area contributed by atoms with E-state index in [1.54, 1.807) is 18.1 Å². The summed E-state index contributed by atoms with van der Waals surface area (Å²) in [7, 11) is 1.56. The Morgan fingerprint density at radius 1 is 1.19 bits per heavy atom. The van der Waals surface area contributed by atoms with Gasteiger partial charge >= 0.3 is 0 Å². The summed E-state index contributed by atoms with van der Waals surface area (Å²) in [5, 5.41) is -0.267. The number of halogens is 2. The first-order chi connectivity index (χ1) is 12.5. The van der Waals surface area contributed by atoms with Gasteiger partial charge in [0.25, 0.3) is 0 Å². The number of methoxy groups -OCH3 is 1. The van der Waals surface area contributed by atoms with E-state index in [1.165, 1.54) is 23.9 Å². The van der Waals surface area contributed by atoms with Crippen molar-refractivity contribution in [3.05, 3.63) is 59.2 Å². The Morgan fingerprint density at radius 3 is 2.69 bits per heavy atom. The Hall–Kier alpha value is -2.28. The molecule has 1 aliphatic heterocycles. The lowest BCUT2D eigenvalue weighted by atomic mass is 10.1. The van der Waals surface area contributed by atoms with Gasteiger partial charge in [-0.3, -0.25) is 4.79 Å². The van der Waals surface area contributed by atoms with E-state index in [4.69, 9.17) is 9.47 Å². The number of carbonyl (C=O) groups is 1. The highest BCUT2D eigenvalue weighted by Gasteiger charge is 2.33. The van der Waals surface area contributed by atoms with Gasteiger partial charge in [-0.15, -0.1) is 11.8 Å². The fourth-order valence-corrected chi connectivity index (χ4v) is 4.03. The second kappa shape index (κ2) is 7.95. The van der Waals surface area contributed by atoms with Crippen molar-refractivity contribution in [2.24, 2.45) is 0 Å². The van der Waals surface area contributed by atoms with E-state index in [0.717, 1.165) is 11.6 Å². The maximum atomic E-state index is 14.0. The van der Waals surface area contributed by atoms with Crippen LogP contribution in [0, 0.1) is 11.6 Å². The van der Waals surface area contributed by atoms with Gasteiger partial charge in [0.2, 0.25) is 5.91 Å². The second-order valence-corrected chi connectivity index (χ2v) is 6.83. The monoisotopic (exact) mass is 379 g/mol. The number of amides is 1. The smallest absolute Gasteiger partial charge is 0.234 e. The Kier molecular flexibility index (Phi) is 5.66. The molecule has 0 bridgehead atoms. The van der Waals surface area contributed by atoms with Crippen LogP contribution in [0.15, 0.2) is 36.4 Å². The van der Waals surface area contributed by atoms with Crippen LogP contribution < -0.4 is 9.47 Å². The SMILES string of the molecule is CCOc1cc(C2SCC(=O)N2Cc2ccc(F)cc2F)ccc1OC. The van der Waals surface area contributed by atoms with Crippen molar-refractivity contribution in [2.75, 3.05) is 19.5 Å². The fourth-order valence-electron chi connectivity index (χ4n) is 2.85. The lowest BCUT2D eigenvalue weighted by molar-refractivity contribution is -0.128. The minimum Gasteiger partial charge on any atom is -0.493 e. The maximum Gasteiger partial charge on any atom is 0.234 e. The zero-order valence-corrected chi connectivity index (χ0v) is 15.3. The third kappa shape index (κ3) is 3.77. The molecule has 0 aromatic heterocycles. The van der Waals surface area contributed by atoms with Gasteiger partial charge in [-0.2, -0.15) is 0 Å². The molecule has 0 N–H and O–H groups in total. The Balaban J connectivity index is 1.89. The molecule has 0 saturated carbocycles. The van der Waals surface area contributed by atoms with Gasteiger partial charge in [0.15, 0.2) is 11.5 Å². The molecule has 26 heavy (non-hydrogen) atoms. The zero-order chi connectivity index (χ0) is 18.7. The fraction of sp³-hybridized carbons (Fsp3) is 0.316. The first-order valence-electron chi connectivity index (χ1n) is 8.19. The molecule has 7 heteroatoms. The van der Waals surface area contributed by atoms with Gasteiger partial charge in [-0.05, 0) is 30.7 Å². The number of ether oxygens (including phenoxy) is 2. The van der Waals surface area contributed by atoms with E-state index in [0.29, 0.717) is 23.9 Å². The highest BCUT2D eigenvalue weighted by molar-refractivity contribution is 8.00. The minimum atomic E-state index is -0.654. The summed E-state index contributed by atoms with van der Waals surface area (Å²) in [6.07, 6.45) is 0. The van der Waals surface area contributed by atoms with Crippen LogP contribution in [0.5, 0.6) is 11.5 Å². The van der Waals surface area contributed by atoms with Gasteiger partial charge in [0, 0.05) is 18.2 Å². The summed E-state index contributed by atoms with van der Waals surface area (Å²) in [4.78, 5) is 13.9. The Morgan fingerprint density at radius 2 is 2.00 bits per heavy atom. The Bertz CT molecular complexity index is 815.